The summed E-state index contributed by atoms with van der Waals surface area (Å²) in [6, 6.07) is 9.87. The summed E-state index contributed by atoms with van der Waals surface area (Å²) < 4.78 is 13.9. The van der Waals surface area contributed by atoms with Gasteiger partial charge in [0.2, 0.25) is 0 Å². The maximum absolute atomic E-state index is 13.9. The highest BCUT2D eigenvalue weighted by molar-refractivity contribution is 6.01. The largest absolute Gasteiger partial charge is 0.508 e. The molecule has 0 bridgehead atoms. The van der Waals surface area contributed by atoms with Crippen molar-refractivity contribution in [3.63, 3.8) is 0 Å². The molecule has 0 atom stereocenters. The van der Waals surface area contributed by atoms with Crippen LogP contribution in [-0.4, -0.2) is 35.2 Å². The molecule has 0 aliphatic carbocycles. The summed E-state index contributed by atoms with van der Waals surface area (Å²) in [7, 11) is 0. The minimum absolute atomic E-state index is 0.137. The molecule has 33 heavy (non-hydrogen) atoms. The Morgan fingerprint density at radius 2 is 1.76 bits per heavy atom. The minimum atomic E-state index is -0.512. The van der Waals surface area contributed by atoms with E-state index in [1.807, 2.05) is 25.1 Å². The number of phenolic OH excluding ortho intramolecular Hbond substituents is 1. The number of aromatic amines is 2. The molecule has 0 spiro atoms. The van der Waals surface area contributed by atoms with Crippen LogP contribution in [0.15, 0.2) is 67.4 Å². The SMILES string of the molecule is Cc1ccncc1-c1cc2c(-c3cc4c(-c5cc(O)cc(F)c5)cncc4[nH]3)n[nH]c2cn1. The molecule has 3 N–H and O–H groups in total. The van der Waals surface area contributed by atoms with Crippen LogP contribution in [-0.2, 0) is 0 Å². The van der Waals surface area contributed by atoms with E-state index in [2.05, 4.69) is 30.1 Å². The Morgan fingerprint density at radius 1 is 0.879 bits per heavy atom. The molecule has 0 unspecified atom stereocenters. The Hall–Kier alpha value is -4.59. The van der Waals surface area contributed by atoms with Gasteiger partial charge in [0.1, 0.15) is 17.3 Å². The monoisotopic (exact) mass is 436 g/mol. The van der Waals surface area contributed by atoms with Gasteiger partial charge >= 0.3 is 0 Å². The predicted octanol–water partition coefficient (Wildman–Crippen LogP) is 5.38. The van der Waals surface area contributed by atoms with Gasteiger partial charge in [-0.05, 0) is 48.4 Å². The van der Waals surface area contributed by atoms with Crippen molar-refractivity contribution in [1.82, 2.24) is 30.1 Å². The molecule has 5 heterocycles. The topological polar surface area (TPSA) is 103 Å². The predicted molar refractivity (Wildman–Crippen MR) is 124 cm³/mol. The summed E-state index contributed by atoms with van der Waals surface area (Å²) in [5.41, 5.74) is 7.21. The molecule has 0 amide bonds. The number of fused-ring (bicyclic) bond motifs is 2. The number of nitrogens with zero attached hydrogens (tertiary/aromatic N) is 4. The zero-order valence-electron chi connectivity index (χ0n) is 17.5. The highest BCUT2D eigenvalue weighted by Gasteiger charge is 2.16. The molecule has 1 aromatic carbocycles. The van der Waals surface area contributed by atoms with Crippen LogP contribution < -0.4 is 0 Å². The zero-order valence-corrected chi connectivity index (χ0v) is 17.5. The van der Waals surface area contributed by atoms with Gasteiger partial charge in [-0.15, -0.1) is 0 Å². The lowest BCUT2D eigenvalue weighted by molar-refractivity contribution is 0.469. The van der Waals surface area contributed by atoms with Crippen LogP contribution in [0.3, 0.4) is 0 Å². The molecule has 8 heteroatoms. The van der Waals surface area contributed by atoms with Crippen LogP contribution in [0.5, 0.6) is 5.75 Å². The molecule has 160 valence electrons. The standard InChI is InChI=1S/C25H17FN6O/c1-13-2-3-27-9-19(13)21-8-18-24(12-29-21)31-32-25(18)22-7-17-20(10-28-11-23(17)30-22)14-4-15(26)6-16(33)5-14/h2-12,30,33H,1H3,(H,31,32). The molecule has 0 radical (unpaired) electrons. The highest BCUT2D eigenvalue weighted by atomic mass is 19.1. The number of benzene rings is 1. The van der Waals surface area contributed by atoms with E-state index in [9.17, 15) is 9.50 Å². The van der Waals surface area contributed by atoms with E-state index < -0.39 is 5.82 Å². The van der Waals surface area contributed by atoms with Crippen LogP contribution >= 0.6 is 0 Å². The van der Waals surface area contributed by atoms with Crippen molar-refractivity contribution in [3.8, 4) is 39.5 Å². The van der Waals surface area contributed by atoms with Gasteiger partial charge in [0.05, 0.1) is 34.8 Å². The first kappa shape index (κ1) is 19.1. The second-order valence-electron chi connectivity index (χ2n) is 7.91. The van der Waals surface area contributed by atoms with E-state index in [1.54, 1.807) is 31.0 Å². The summed E-state index contributed by atoms with van der Waals surface area (Å²) in [5.74, 6) is -0.649. The molecule has 0 aliphatic rings. The van der Waals surface area contributed by atoms with Gasteiger partial charge in [0.25, 0.3) is 0 Å². The lowest BCUT2D eigenvalue weighted by atomic mass is 10.0. The van der Waals surface area contributed by atoms with Crippen molar-refractivity contribution in [2.24, 2.45) is 0 Å². The molecule has 0 fully saturated rings. The summed E-state index contributed by atoms with van der Waals surface area (Å²) in [4.78, 5) is 16.5. The first-order chi connectivity index (χ1) is 16.1. The average molecular weight is 436 g/mol. The first-order valence-electron chi connectivity index (χ1n) is 10.3. The Morgan fingerprint density at radius 3 is 2.61 bits per heavy atom. The molecule has 0 saturated carbocycles. The van der Waals surface area contributed by atoms with Crippen molar-refractivity contribution in [2.45, 2.75) is 6.92 Å². The molecule has 5 aromatic heterocycles. The van der Waals surface area contributed by atoms with Gasteiger partial charge < -0.3 is 10.1 Å². The second-order valence-corrected chi connectivity index (χ2v) is 7.91. The van der Waals surface area contributed by atoms with Crippen molar-refractivity contribution in [1.29, 1.82) is 0 Å². The summed E-state index contributed by atoms with van der Waals surface area (Å²) in [5, 5.41) is 19.2. The number of hydrogen-bond acceptors (Lipinski definition) is 5. The number of nitrogens with one attached hydrogen (secondary N) is 2. The molecule has 6 aromatic rings. The van der Waals surface area contributed by atoms with Crippen LogP contribution in [0.25, 0.3) is 55.6 Å². The van der Waals surface area contributed by atoms with Gasteiger partial charge in [-0.1, -0.05) is 0 Å². The summed E-state index contributed by atoms with van der Waals surface area (Å²) in [6.45, 7) is 2.02. The fourth-order valence-electron chi connectivity index (χ4n) is 4.14. The van der Waals surface area contributed by atoms with Gasteiger partial charge in [0, 0.05) is 46.6 Å². The fraction of sp³-hybridized carbons (Fsp3) is 0.0400. The summed E-state index contributed by atoms with van der Waals surface area (Å²) in [6.07, 6.45) is 8.69. The van der Waals surface area contributed by atoms with E-state index in [1.165, 1.54) is 12.1 Å². The number of halogens is 1. The van der Waals surface area contributed by atoms with Crippen molar-refractivity contribution >= 4 is 21.8 Å². The number of phenols is 1. The third-order valence-electron chi connectivity index (χ3n) is 5.76. The van der Waals surface area contributed by atoms with Gasteiger partial charge in [-0.3, -0.25) is 20.1 Å². The number of aryl methyl sites for hydroxylation is 1. The van der Waals surface area contributed by atoms with Crippen molar-refractivity contribution in [2.75, 3.05) is 0 Å². The van der Waals surface area contributed by atoms with Crippen molar-refractivity contribution in [3.05, 3.63) is 78.8 Å². The second kappa shape index (κ2) is 7.23. The van der Waals surface area contributed by atoms with E-state index in [0.717, 1.165) is 56.1 Å². The van der Waals surface area contributed by atoms with Crippen molar-refractivity contribution < 1.29 is 9.50 Å². The number of aromatic hydroxyl groups is 1. The van der Waals surface area contributed by atoms with Gasteiger partial charge in [-0.2, -0.15) is 5.10 Å². The van der Waals surface area contributed by atoms with E-state index >= 15 is 0 Å². The Bertz CT molecular complexity index is 1650. The molecule has 0 aliphatic heterocycles. The molecular formula is C25H17FN6O. The first-order valence-corrected chi connectivity index (χ1v) is 10.3. The number of rotatable bonds is 3. The maximum atomic E-state index is 13.9. The van der Waals surface area contributed by atoms with Crippen LogP contribution in [0.1, 0.15) is 5.56 Å². The van der Waals surface area contributed by atoms with Crippen LogP contribution in [0, 0.1) is 12.7 Å². The number of pyridine rings is 3. The average Bonchev–Trinajstić information content (AvgIpc) is 3.42. The lowest BCUT2D eigenvalue weighted by Gasteiger charge is -2.04. The van der Waals surface area contributed by atoms with Gasteiger partial charge in [-0.25, -0.2) is 4.39 Å². The maximum Gasteiger partial charge on any atom is 0.127 e. The third kappa shape index (κ3) is 3.20. The summed E-state index contributed by atoms with van der Waals surface area (Å²) >= 11 is 0. The number of H-pyrrole nitrogens is 2. The quantitative estimate of drug-likeness (QED) is 0.345. The van der Waals surface area contributed by atoms with Gasteiger partial charge in [0.15, 0.2) is 0 Å². The van der Waals surface area contributed by atoms with E-state index in [0.29, 0.717) is 11.1 Å². The minimum Gasteiger partial charge on any atom is -0.508 e. The third-order valence-corrected chi connectivity index (χ3v) is 5.76. The Labute approximate surface area is 187 Å². The van der Waals surface area contributed by atoms with E-state index in [4.69, 9.17) is 0 Å². The molecular weight excluding hydrogens is 419 g/mol. The lowest BCUT2D eigenvalue weighted by Crippen LogP contribution is -1.88. The van der Waals surface area contributed by atoms with Crippen LogP contribution in [0.2, 0.25) is 0 Å². The normalized spacial score (nSPS) is 11.5. The smallest absolute Gasteiger partial charge is 0.127 e. The Kier molecular flexibility index (Phi) is 4.19. The van der Waals surface area contributed by atoms with Crippen LogP contribution in [0.4, 0.5) is 4.39 Å². The zero-order chi connectivity index (χ0) is 22.5. The molecule has 0 saturated heterocycles. The molecule has 7 nitrogen and oxygen atoms in total. The Balaban J connectivity index is 1.52. The highest BCUT2D eigenvalue weighted by Crippen LogP contribution is 2.35. The number of aromatic nitrogens is 6. The van der Waals surface area contributed by atoms with E-state index in [-0.39, 0.29) is 5.75 Å². The molecule has 6 rings (SSSR count). The fourth-order valence-corrected chi connectivity index (χ4v) is 4.14. The number of hydrogen-bond donors (Lipinski definition) is 3.